The minimum atomic E-state index is -1.04. The zero-order valence-corrected chi connectivity index (χ0v) is 14.5. The summed E-state index contributed by atoms with van der Waals surface area (Å²) in [6, 6.07) is 10.0. The first-order valence-corrected chi connectivity index (χ1v) is 8.54. The van der Waals surface area contributed by atoms with E-state index in [2.05, 4.69) is 4.90 Å². The van der Waals surface area contributed by atoms with E-state index in [0.29, 0.717) is 17.9 Å². The molecule has 132 valence electrons. The number of ether oxygens (including phenoxy) is 2. The third-order valence-electron chi connectivity index (χ3n) is 5.55. The average molecular weight is 343 g/mol. The van der Waals surface area contributed by atoms with Gasteiger partial charge in [-0.1, -0.05) is 12.1 Å². The lowest BCUT2D eigenvalue weighted by molar-refractivity contribution is -0.00590. The molecular formula is C20H22FNO3. The molecular weight excluding hydrogens is 321 g/mol. The van der Waals surface area contributed by atoms with Crippen molar-refractivity contribution in [2.24, 2.45) is 0 Å². The van der Waals surface area contributed by atoms with Gasteiger partial charge >= 0.3 is 0 Å². The predicted molar refractivity (Wildman–Crippen MR) is 92.5 cm³/mol. The summed E-state index contributed by atoms with van der Waals surface area (Å²) in [5.74, 6) is 1.08. The van der Waals surface area contributed by atoms with Crippen LogP contribution in [-0.2, 0) is 12.0 Å². The van der Waals surface area contributed by atoms with Crippen molar-refractivity contribution in [1.82, 2.24) is 4.90 Å². The van der Waals surface area contributed by atoms with Gasteiger partial charge in [-0.3, -0.25) is 4.90 Å². The van der Waals surface area contributed by atoms with Gasteiger partial charge in [0.1, 0.15) is 11.4 Å². The van der Waals surface area contributed by atoms with Gasteiger partial charge in [0, 0.05) is 13.1 Å². The number of methoxy groups -OCH3 is 2. The molecule has 4 nitrogen and oxygen atoms in total. The maximum Gasteiger partial charge on any atom is 0.161 e. The minimum Gasteiger partial charge on any atom is -0.493 e. The molecule has 5 heteroatoms. The topological polar surface area (TPSA) is 41.9 Å². The minimum absolute atomic E-state index is 0.165. The summed E-state index contributed by atoms with van der Waals surface area (Å²) >= 11 is 0. The van der Waals surface area contributed by atoms with Gasteiger partial charge in [0.2, 0.25) is 0 Å². The van der Waals surface area contributed by atoms with E-state index in [1.165, 1.54) is 17.7 Å². The molecule has 0 amide bonds. The number of rotatable bonds is 3. The van der Waals surface area contributed by atoms with Crippen LogP contribution in [0, 0.1) is 5.82 Å². The summed E-state index contributed by atoms with van der Waals surface area (Å²) in [4.78, 5) is 2.30. The summed E-state index contributed by atoms with van der Waals surface area (Å²) < 4.78 is 24.2. The van der Waals surface area contributed by atoms with E-state index in [0.717, 1.165) is 30.6 Å². The molecule has 2 heterocycles. The van der Waals surface area contributed by atoms with Gasteiger partial charge in [-0.15, -0.1) is 0 Å². The molecule has 4 rings (SSSR count). The third kappa shape index (κ3) is 2.50. The van der Waals surface area contributed by atoms with Crippen LogP contribution in [0.3, 0.4) is 0 Å². The van der Waals surface area contributed by atoms with Gasteiger partial charge in [0.15, 0.2) is 11.5 Å². The van der Waals surface area contributed by atoms with Crippen molar-refractivity contribution in [3.8, 4) is 11.5 Å². The van der Waals surface area contributed by atoms with Gasteiger partial charge in [-0.05, 0) is 53.8 Å². The first-order valence-electron chi connectivity index (χ1n) is 8.54. The van der Waals surface area contributed by atoms with E-state index >= 15 is 0 Å². The van der Waals surface area contributed by atoms with Crippen molar-refractivity contribution >= 4 is 0 Å². The monoisotopic (exact) mass is 343 g/mol. The Labute approximate surface area is 146 Å². The summed E-state index contributed by atoms with van der Waals surface area (Å²) in [5, 5.41) is 11.5. The van der Waals surface area contributed by atoms with Crippen LogP contribution in [0.25, 0.3) is 0 Å². The fourth-order valence-corrected chi connectivity index (χ4v) is 4.29. The molecule has 0 aromatic heterocycles. The average Bonchev–Trinajstić information content (AvgIpc) is 2.99. The summed E-state index contributed by atoms with van der Waals surface area (Å²) in [5.41, 5.74) is 1.95. The van der Waals surface area contributed by atoms with Crippen LogP contribution in [0.1, 0.15) is 29.2 Å². The number of hydrogen-bond acceptors (Lipinski definition) is 4. The van der Waals surface area contributed by atoms with Crippen molar-refractivity contribution in [2.75, 3.05) is 27.3 Å². The number of nitrogens with zero attached hydrogens (tertiary/aromatic N) is 1. The highest BCUT2D eigenvalue weighted by Crippen LogP contribution is 2.51. The Morgan fingerprint density at radius 1 is 1.08 bits per heavy atom. The largest absolute Gasteiger partial charge is 0.493 e. The van der Waals surface area contributed by atoms with Crippen LogP contribution in [0.5, 0.6) is 11.5 Å². The lowest BCUT2D eigenvalue weighted by atomic mass is 9.79. The van der Waals surface area contributed by atoms with Crippen LogP contribution >= 0.6 is 0 Å². The Bertz CT molecular complexity index is 792. The first-order chi connectivity index (χ1) is 12.1. The second-order valence-corrected chi connectivity index (χ2v) is 6.78. The molecule has 1 N–H and O–H groups in total. The lowest BCUT2D eigenvalue weighted by Crippen LogP contribution is -2.39. The molecule has 1 fully saturated rings. The lowest BCUT2D eigenvalue weighted by Gasteiger charge is -2.39. The second kappa shape index (κ2) is 6.00. The van der Waals surface area contributed by atoms with Gasteiger partial charge in [0.05, 0.1) is 20.3 Å². The van der Waals surface area contributed by atoms with Crippen LogP contribution in [-0.4, -0.2) is 37.3 Å². The third-order valence-corrected chi connectivity index (χ3v) is 5.55. The molecule has 0 aliphatic carbocycles. The van der Waals surface area contributed by atoms with Crippen molar-refractivity contribution in [1.29, 1.82) is 0 Å². The van der Waals surface area contributed by atoms with Crippen molar-refractivity contribution in [2.45, 2.75) is 24.5 Å². The number of halogens is 1. The molecule has 0 radical (unpaired) electrons. The van der Waals surface area contributed by atoms with Crippen molar-refractivity contribution in [3.05, 3.63) is 58.9 Å². The Morgan fingerprint density at radius 2 is 1.76 bits per heavy atom. The summed E-state index contributed by atoms with van der Waals surface area (Å²) in [6.07, 6.45) is 1.53. The molecule has 0 bridgehead atoms. The zero-order chi connectivity index (χ0) is 17.6. The molecule has 25 heavy (non-hydrogen) atoms. The Morgan fingerprint density at radius 3 is 2.44 bits per heavy atom. The number of benzene rings is 2. The maximum absolute atomic E-state index is 13.3. The highest BCUT2D eigenvalue weighted by Gasteiger charge is 2.50. The first kappa shape index (κ1) is 16.4. The highest BCUT2D eigenvalue weighted by molar-refractivity contribution is 5.51. The summed E-state index contributed by atoms with van der Waals surface area (Å²) in [6.45, 7) is 1.70. The van der Waals surface area contributed by atoms with Crippen molar-refractivity contribution < 1.29 is 19.0 Å². The SMILES string of the molecule is COc1cc2c(cc1OC)[C@H]1N(CC2)CC[C@@]1(O)c1ccc(F)cc1. The number of aliphatic hydroxyl groups is 1. The molecule has 2 atom stereocenters. The van der Waals surface area contributed by atoms with E-state index in [4.69, 9.17) is 9.47 Å². The van der Waals surface area contributed by atoms with Crippen molar-refractivity contribution in [3.63, 3.8) is 0 Å². The molecule has 0 spiro atoms. The molecule has 2 aromatic rings. The standard InChI is InChI=1S/C20H22FNO3/c1-24-17-11-13-7-9-22-10-8-20(23,14-3-5-15(21)6-4-14)19(22)16(13)12-18(17)25-2/h3-6,11-12,19,23H,7-10H2,1-2H3/t19-,20-/m1/s1. The fourth-order valence-electron chi connectivity index (χ4n) is 4.29. The molecule has 0 saturated carbocycles. The van der Waals surface area contributed by atoms with E-state index in [9.17, 15) is 9.50 Å². The Balaban J connectivity index is 1.83. The number of hydrogen-bond donors (Lipinski definition) is 1. The molecule has 2 aliphatic heterocycles. The summed E-state index contributed by atoms with van der Waals surface area (Å²) in [7, 11) is 3.25. The smallest absolute Gasteiger partial charge is 0.161 e. The predicted octanol–water partition coefficient (Wildman–Crippen LogP) is 3.03. The van der Waals surface area contributed by atoms with Crippen LogP contribution in [0.2, 0.25) is 0 Å². The van der Waals surface area contributed by atoms with Gasteiger partial charge in [0.25, 0.3) is 0 Å². The molecule has 2 aliphatic rings. The van der Waals surface area contributed by atoms with Gasteiger partial charge in [-0.25, -0.2) is 4.39 Å². The fraction of sp³-hybridized carbons (Fsp3) is 0.400. The van der Waals surface area contributed by atoms with E-state index in [1.807, 2.05) is 12.1 Å². The molecule has 2 aromatic carbocycles. The van der Waals surface area contributed by atoms with E-state index < -0.39 is 5.60 Å². The Hall–Kier alpha value is -2.11. The second-order valence-electron chi connectivity index (χ2n) is 6.78. The Kier molecular flexibility index (Phi) is 3.93. The van der Waals surface area contributed by atoms with Crippen LogP contribution in [0.15, 0.2) is 36.4 Å². The maximum atomic E-state index is 13.3. The van der Waals surface area contributed by atoms with Gasteiger partial charge < -0.3 is 14.6 Å². The quantitative estimate of drug-likeness (QED) is 0.930. The number of fused-ring (bicyclic) bond motifs is 3. The normalized spacial score (nSPS) is 25.4. The molecule has 1 saturated heterocycles. The molecule has 0 unspecified atom stereocenters. The highest BCUT2D eigenvalue weighted by atomic mass is 19.1. The van der Waals surface area contributed by atoms with E-state index in [1.54, 1.807) is 26.4 Å². The van der Waals surface area contributed by atoms with Crippen LogP contribution in [0.4, 0.5) is 4.39 Å². The zero-order valence-electron chi connectivity index (χ0n) is 14.5. The van der Waals surface area contributed by atoms with E-state index in [-0.39, 0.29) is 11.9 Å². The van der Waals surface area contributed by atoms with Gasteiger partial charge in [-0.2, -0.15) is 0 Å². The van der Waals surface area contributed by atoms with Crippen LogP contribution < -0.4 is 9.47 Å².